The van der Waals surface area contributed by atoms with Gasteiger partial charge in [0.2, 0.25) is 5.95 Å². The summed E-state index contributed by atoms with van der Waals surface area (Å²) >= 11 is 0. The Labute approximate surface area is 119 Å². The molecule has 0 bridgehead atoms. The first kappa shape index (κ1) is 17.2. The van der Waals surface area contributed by atoms with Crippen LogP contribution in [0.5, 0.6) is 0 Å². The van der Waals surface area contributed by atoms with E-state index in [4.69, 9.17) is 4.74 Å². The van der Waals surface area contributed by atoms with Crippen molar-refractivity contribution in [2.75, 3.05) is 31.7 Å². The van der Waals surface area contributed by atoms with Crippen molar-refractivity contribution in [3.8, 4) is 0 Å². The second-order valence-electron chi connectivity index (χ2n) is 4.01. The maximum absolute atomic E-state index is 11.8. The van der Waals surface area contributed by atoms with Crippen molar-refractivity contribution in [2.45, 2.75) is 20.0 Å². The lowest BCUT2D eigenvalue weighted by atomic mass is 10.2. The van der Waals surface area contributed by atoms with Gasteiger partial charge in [-0.15, -0.1) is 0 Å². The topological polar surface area (TPSA) is 73.3 Å². The highest BCUT2D eigenvalue weighted by Crippen LogP contribution is 2.14. The first-order valence-corrected chi connectivity index (χ1v) is 6.22. The molecule has 0 amide bonds. The van der Waals surface area contributed by atoms with Gasteiger partial charge in [-0.2, -0.15) is 13.2 Å². The molecular weight excluding hydrogens is 291 g/mol. The van der Waals surface area contributed by atoms with Crippen LogP contribution in [0.15, 0.2) is 6.20 Å². The first-order valence-electron chi connectivity index (χ1n) is 6.22. The van der Waals surface area contributed by atoms with Crippen LogP contribution in [0.25, 0.3) is 0 Å². The third-order valence-electron chi connectivity index (χ3n) is 2.27. The van der Waals surface area contributed by atoms with E-state index in [-0.39, 0.29) is 31.3 Å². The van der Waals surface area contributed by atoms with E-state index in [0.717, 1.165) is 0 Å². The number of esters is 1. The summed E-state index contributed by atoms with van der Waals surface area (Å²) in [4.78, 5) is 19.4. The summed E-state index contributed by atoms with van der Waals surface area (Å²) in [6.07, 6.45) is -3.03. The van der Waals surface area contributed by atoms with Crippen LogP contribution >= 0.6 is 0 Å². The van der Waals surface area contributed by atoms with E-state index in [1.165, 1.54) is 6.20 Å². The number of ether oxygens (including phenoxy) is 2. The Morgan fingerprint density at radius 3 is 2.71 bits per heavy atom. The Morgan fingerprint density at radius 2 is 2.14 bits per heavy atom. The van der Waals surface area contributed by atoms with Crippen molar-refractivity contribution < 1.29 is 27.4 Å². The van der Waals surface area contributed by atoms with E-state index in [0.29, 0.717) is 5.69 Å². The van der Waals surface area contributed by atoms with E-state index in [2.05, 4.69) is 20.0 Å². The van der Waals surface area contributed by atoms with Crippen LogP contribution in [0, 0.1) is 6.92 Å². The zero-order valence-electron chi connectivity index (χ0n) is 11.7. The smallest absolute Gasteiger partial charge is 0.411 e. The molecule has 0 radical (unpaired) electrons. The molecule has 0 aromatic carbocycles. The molecule has 1 N–H and O–H groups in total. The number of carbonyl (C=O) groups is 1. The van der Waals surface area contributed by atoms with Gasteiger partial charge in [-0.05, 0) is 13.8 Å². The first-order chi connectivity index (χ1) is 9.83. The third-order valence-corrected chi connectivity index (χ3v) is 2.27. The second kappa shape index (κ2) is 7.77. The van der Waals surface area contributed by atoms with E-state index < -0.39 is 18.8 Å². The Hall–Kier alpha value is -1.90. The summed E-state index contributed by atoms with van der Waals surface area (Å²) in [6.45, 7) is 2.23. The van der Waals surface area contributed by atoms with Gasteiger partial charge in [-0.25, -0.2) is 14.8 Å². The summed E-state index contributed by atoms with van der Waals surface area (Å²) in [5.41, 5.74) is 0.665. The Kier molecular flexibility index (Phi) is 6.35. The lowest BCUT2D eigenvalue weighted by Crippen LogP contribution is -2.20. The average molecular weight is 307 g/mol. The van der Waals surface area contributed by atoms with Gasteiger partial charge in [-0.3, -0.25) is 0 Å². The second-order valence-corrected chi connectivity index (χ2v) is 4.01. The fraction of sp³-hybridized carbons (Fsp3) is 0.583. The maximum Gasteiger partial charge on any atom is 0.411 e. The lowest BCUT2D eigenvalue weighted by Gasteiger charge is -2.09. The summed E-state index contributed by atoms with van der Waals surface area (Å²) in [7, 11) is 0. The number of aromatic nitrogens is 2. The summed E-state index contributed by atoms with van der Waals surface area (Å²) in [5, 5.41) is 2.70. The monoisotopic (exact) mass is 307 g/mol. The van der Waals surface area contributed by atoms with E-state index in [1.54, 1.807) is 13.8 Å². The Morgan fingerprint density at radius 1 is 1.43 bits per heavy atom. The molecule has 9 heteroatoms. The van der Waals surface area contributed by atoms with E-state index in [1.807, 2.05) is 0 Å². The molecule has 0 aliphatic heterocycles. The number of hydrogen-bond donors (Lipinski definition) is 1. The van der Waals surface area contributed by atoms with Crippen molar-refractivity contribution in [2.24, 2.45) is 0 Å². The van der Waals surface area contributed by atoms with Gasteiger partial charge in [0, 0.05) is 12.7 Å². The van der Waals surface area contributed by atoms with Gasteiger partial charge in [0.15, 0.2) is 0 Å². The molecule has 1 heterocycles. The minimum Gasteiger partial charge on any atom is -0.462 e. The minimum atomic E-state index is -4.34. The zero-order valence-corrected chi connectivity index (χ0v) is 11.7. The summed E-state index contributed by atoms with van der Waals surface area (Å²) < 4.78 is 44.7. The van der Waals surface area contributed by atoms with Crippen molar-refractivity contribution in [1.82, 2.24) is 9.97 Å². The Bertz CT molecular complexity index is 481. The molecule has 1 aromatic heterocycles. The van der Waals surface area contributed by atoms with Crippen LogP contribution in [0.2, 0.25) is 0 Å². The summed E-state index contributed by atoms with van der Waals surface area (Å²) in [5.74, 6) is -0.314. The maximum atomic E-state index is 11.8. The normalized spacial score (nSPS) is 11.3. The molecular formula is C12H16F3N3O3. The van der Waals surface area contributed by atoms with Crippen molar-refractivity contribution in [1.29, 1.82) is 0 Å². The number of halogens is 3. The number of nitrogens with one attached hydrogen (secondary N) is 1. The number of anilines is 1. The molecule has 0 atom stereocenters. The molecule has 0 aliphatic rings. The molecule has 0 aliphatic carbocycles. The fourth-order valence-corrected chi connectivity index (χ4v) is 1.38. The quantitative estimate of drug-likeness (QED) is 0.613. The van der Waals surface area contributed by atoms with Crippen molar-refractivity contribution >= 4 is 11.9 Å². The molecule has 21 heavy (non-hydrogen) atoms. The summed E-state index contributed by atoms with van der Waals surface area (Å²) in [6, 6.07) is 0. The number of alkyl halides is 3. The predicted octanol–water partition coefficient (Wildman–Crippen LogP) is 1.95. The highest BCUT2D eigenvalue weighted by Gasteiger charge is 2.27. The van der Waals surface area contributed by atoms with Gasteiger partial charge >= 0.3 is 12.1 Å². The van der Waals surface area contributed by atoms with Crippen LogP contribution in [0.1, 0.15) is 23.0 Å². The van der Waals surface area contributed by atoms with E-state index in [9.17, 15) is 18.0 Å². The van der Waals surface area contributed by atoms with Gasteiger partial charge < -0.3 is 14.8 Å². The molecule has 0 unspecified atom stereocenters. The van der Waals surface area contributed by atoms with Gasteiger partial charge in [0.05, 0.1) is 24.5 Å². The number of carbonyl (C=O) groups excluding carboxylic acids is 1. The van der Waals surface area contributed by atoms with Crippen LogP contribution in [0.4, 0.5) is 19.1 Å². The number of nitrogens with zero attached hydrogens (tertiary/aromatic N) is 2. The molecule has 0 saturated carbocycles. The highest BCUT2D eigenvalue weighted by molar-refractivity contribution is 5.90. The lowest BCUT2D eigenvalue weighted by molar-refractivity contribution is -0.172. The fourth-order valence-electron chi connectivity index (χ4n) is 1.38. The van der Waals surface area contributed by atoms with Crippen LogP contribution in [-0.2, 0) is 9.47 Å². The van der Waals surface area contributed by atoms with Crippen LogP contribution in [-0.4, -0.2) is 48.5 Å². The van der Waals surface area contributed by atoms with Crippen LogP contribution < -0.4 is 5.32 Å². The average Bonchev–Trinajstić information content (AvgIpc) is 2.37. The molecule has 118 valence electrons. The van der Waals surface area contributed by atoms with Gasteiger partial charge in [0.1, 0.15) is 6.61 Å². The minimum absolute atomic E-state index is 0.119. The third kappa shape index (κ3) is 6.39. The highest BCUT2D eigenvalue weighted by atomic mass is 19.4. The SMILES string of the molecule is CCOC(=O)c1cnc(NCCOCC(F)(F)F)nc1C. The zero-order chi connectivity index (χ0) is 15.9. The molecule has 6 nitrogen and oxygen atoms in total. The molecule has 0 saturated heterocycles. The van der Waals surface area contributed by atoms with Crippen LogP contribution in [0.3, 0.4) is 0 Å². The van der Waals surface area contributed by atoms with Crippen molar-refractivity contribution in [3.63, 3.8) is 0 Å². The van der Waals surface area contributed by atoms with E-state index >= 15 is 0 Å². The number of aryl methyl sites for hydroxylation is 1. The van der Waals surface area contributed by atoms with Crippen molar-refractivity contribution in [3.05, 3.63) is 17.5 Å². The largest absolute Gasteiger partial charge is 0.462 e. The molecule has 1 aromatic rings. The molecule has 0 fully saturated rings. The predicted molar refractivity (Wildman–Crippen MR) is 68.1 cm³/mol. The molecule has 1 rings (SSSR count). The molecule has 0 spiro atoms. The van der Waals surface area contributed by atoms with Gasteiger partial charge in [-0.1, -0.05) is 0 Å². The number of rotatable bonds is 7. The van der Waals surface area contributed by atoms with Gasteiger partial charge in [0.25, 0.3) is 0 Å². The Balaban J connectivity index is 2.44. The number of hydrogen-bond acceptors (Lipinski definition) is 6. The standard InChI is InChI=1S/C12H16F3N3O3/c1-3-21-10(19)9-6-17-11(18-8(9)2)16-4-5-20-7-12(13,14)15/h6H,3-5,7H2,1-2H3,(H,16,17,18).